The highest BCUT2D eigenvalue weighted by molar-refractivity contribution is 4.97. The molecule has 3 heteroatoms. The minimum absolute atomic E-state index is 0.159. The third-order valence-corrected chi connectivity index (χ3v) is 2.92. The molecule has 0 amide bonds. The monoisotopic (exact) mass is 158 g/mol. The zero-order valence-corrected chi connectivity index (χ0v) is 6.44. The van der Waals surface area contributed by atoms with Crippen LogP contribution in [0.1, 0.15) is 12.8 Å². The lowest BCUT2D eigenvalue weighted by atomic mass is 9.80. The molecule has 3 nitrogen and oxygen atoms in total. The van der Waals surface area contributed by atoms with Gasteiger partial charge in [-0.15, -0.1) is 0 Å². The summed E-state index contributed by atoms with van der Waals surface area (Å²) in [6, 6.07) is 0. The fraction of sp³-hybridized carbons (Fsp3) is 1.00. The van der Waals surface area contributed by atoms with Gasteiger partial charge < -0.3 is 14.9 Å². The lowest BCUT2D eigenvalue weighted by Gasteiger charge is -2.25. The molecule has 1 saturated carbocycles. The molecule has 4 atom stereocenters. The molecule has 0 radical (unpaired) electrons. The summed E-state index contributed by atoms with van der Waals surface area (Å²) < 4.78 is 5.34. The number of ether oxygens (including phenoxy) is 1. The van der Waals surface area contributed by atoms with Crippen LogP contribution in [0.25, 0.3) is 0 Å². The van der Waals surface area contributed by atoms with E-state index in [2.05, 4.69) is 0 Å². The Morgan fingerprint density at radius 1 is 1.18 bits per heavy atom. The Morgan fingerprint density at radius 3 is 2.64 bits per heavy atom. The van der Waals surface area contributed by atoms with Gasteiger partial charge in [0.05, 0.1) is 12.2 Å². The quantitative estimate of drug-likeness (QED) is 0.545. The van der Waals surface area contributed by atoms with Crippen LogP contribution in [0.2, 0.25) is 0 Å². The molecule has 2 fully saturated rings. The Balaban J connectivity index is 1.98. The van der Waals surface area contributed by atoms with Crippen molar-refractivity contribution in [3.05, 3.63) is 0 Å². The van der Waals surface area contributed by atoms with Crippen LogP contribution in [0.4, 0.5) is 0 Å². The minimum Gasteiger partial charge on any atom is -0.396 e. The van der Waals surface area contributed by atoms with Gasteiger partial charge in [0.15, 0.2) is 0 Å². The molecule has 1 aliphatic carbocycles. The molecule has 1 heterocycles. The molecule has 2 N–H and O–H groups in total. The highest BCUT2D eigenvalue weighted by atomic mass is 16.6. The molecular formula is C8H14O3. The van der Waals surface area contributed by atoms with E-state index in [1.165, 1.54) is 0 Å². The molecule has 64 valence electrons. The van der Waals surface area contributed by atoms with E-state index in [0.717, 1.165) is 12.8 Å². The SMILES string of the molecule is OCC1CCC2OC2C1CO. The van der Waals surface area contributed by atoms with Gasteiger partial charge in [-0.3, -0.25) is 0 Å². The highest BCUT2D eigenvalue weighted by Gasteiger charge is 2.50. The summed E-state index contributed by atoms with van der Waals surface area (Å²) in [6.45, 7) is 0.351. The number of hydrogen-bond donors (Lipinski definition) is 2. The van der Waals surface area contributed by atoms with E-state index in [1.807, 2.05) is 0 Å². The molecule has 4 unspecified atom stereocenters. The van der Waals surface area contributed by atoms with Crippen molar-refractivity contribution >= 4 is 0 Å². The number of aliphatic hydroxyl groups excluding tert-OH is 2. The molecule has 0 aromatic heterocycles. The number of hydrogen-bond acceptors (Lipinski definition) is 3. The van der Waals surface area contributed by atoms with Crippen molar-refractivity contribution in [1.82, 2.24) is 0 Å². The maximum absolute atomic E-state index is 9.00. The van der Waals surface area contributed by atoms with E-state index >= 15 is 0 Å². The molecule has 2 aliphatic rings. The summed E-state index contributed by atoms with van der Waals surface area (Å²) >= 11 is 0. The van der Waals surface area contributed by atoms with E-state index < -0.39 is 0 Å². The Labute approximate surface area is 66.0 Å². The average molecular weight is 158 g/mol. The largest absolute Gasteiger partial charge is 0.396 e. The van der Waals surface area contributed by atoms with Crippen molar-refractivity contribution in [2.75, 3.05) is 13.2 Å². The van der Waals surface area contributed by atoms with Crippen molar-refractivity contribution in [3.63, 3.8) is 0 Å². The first kappa shape index (κ1) is 7.53. The zero-order chi connectivity index (χ0) is 7.84. The zero-order valence-electron chi connectivity index (χ0n) is 6.44. The first-order valence-corrected chi connectivity index (χ1v) is 4.24. The van der Waals surface area contributed by atoms with Gasteiger partial charge in [-0.2, -0.15) is 0 Å². The molecule has 2 rings (SSSR count). The average Bonchev–Trinajstić information content (AvgIpc) is 2.80. The van der Waals surface area contributed by atoms with E-state index in [9.17, 15) is 0 Å². The fourth-order valence-corrected chi connectivity index (χ4v) is 2.11. The first-order valence-electron chi connectivity index (χ1n) is 4.24. The van der Waals surface area contributed by atoms with E-state index in [0.29, 0.717) is 6.10 Å². The first-order chi connectivity index (χ1) is 5.36. The Morgan fingerprint density at radius 2 is 2.00 bits per heavy atom. The van der Waals surface area contributed by atoms with Crippen LogP contribution in [-0.4, -0.2) is 35.6 Å². The summed E-state index contributed by atoms with van der Waals surface area (Å²) in [5, 5.41) is 18.0. The van der Waals surface area contributed by atoms with Crippen molar-refractivity contribution in [2.45, 2.75) is 25.0 Å². The van der Waals surface area contributed by atoms with Crippen LogP contribution in [-0.2, 0) is 4.74 Å². The third-order valence-electron chi connectivity index (χ3n) is 2.92. The lowest BCUT2D eigenvalue weighted by Crippen LogP contribution is -2.31. The van der Waals surface area contributed by atoms with Crippen LogP contribution in [0.5, 0.6) is 0 Å². The predicted molar refractivity (Wildman–Crippen MR) is 39.0 cm³/mol. The summed E-state index contributed by atoms with van der Waals surface area (Å²) in [6.07, 6.45) is 2.72. The molecule has 0 aromatic carbocycles. The van der Waals surface area contributed by atoms with Gasteiger partial charge in [-0.25, -0.2) is 0 Å². The standard InChI is InChI=1S/C8H14O3/c9-3-5-1-2-7-8(11-7)6(5)4-10/h5-10H,1-4H2. The highest BCUT2D eigenvalue weighted by Crippen LogP contribution is 2.43. The van der Waals surface area contributed by atoms with Gasteiger partial charge in [0, 0.05) is 19.1 Å². The van der Waals surface area contributed by atoms with Crippen molar-refractivity contribution in [2.24, 2.45) is 11.8 Å². The Hall–Kier alpha value is -0.120. The van der Waals surface area contributed by atoms with Crippen molar-refractivity contribution in [1.29, 1.82) is 0 Å². The number of rotatable bonds is 2. The van der Waals surface area contributed by atoms with Gasteiger partial charge in [-0.05, 0) is 18.8 Å². The summed E-state index contributed by atoms with van der Waals surface area (Å²) in [5.41, 5.74) is 0. The second kappa shape index (κ2) is 2.73. The van der Waals surface area contributed by atoms with Gasteiger partial charge in [0.1, 0.15) is 0 Å². The van der Waals surface area contributed by atoms with Gasteiger partial charge in [-0.1, -0.05) is 0 Å². The lowest BCUT2D eigenvalue weighted by molar-refractivity contribution is 0.0905. The number of fused-ring (bicyclic) bond motifs is 1. The maximum Gasteiger partial charge on any atom is 0.0895 e. The molecule has 11 heavy (non-hydrogen) atoms. The number of epoxide rings is 1. The summed E-state index contributed by atoms with van der Waals surface area (Å²) in [7, 11) is 0. The van der Waals surface area contributed by atoms with Crippen LogP contribution in [0.3, 0.4) is 0 Å². The normalized spacial score (nSPS) is 48.5. The second-order valence-electron chi connectivity index (χ2n) is 3.51. The van der Waals surface area contributed by atoms with E-state index in [-0.39, 0.29) is 31.2 Å². The van der Waals surface area contributed by atoms with E-state index in [1.54, 1.807) is 0 Å². The van der Waals surface area contributed by atoms with E-state index in [4.69, 9.17) is 14.9 Å². The molecule has 0 aromatic rings. The molecule has 1 aliphatic heterocycles. The third kappa shape index (κ3) is 1.17. The van der Waals surface area contributed by atoms with Gasteiger partial charge in [0.25, 0.3) is 0 Å². The van der Waals surface area contributed by atoms with Crippen molar-refractivity contribution < 1.29 is 14.9 Å². The van der Waals surface area contributed by atoms with Gasteiger partial charge >= 0.3 is 0 Å². The number of aliphatic hydroxyl groups is 2. The van der Waals surface area contributed by atoms with Crippen LogP contribution < -0.4 is 0 Å². The van der Waals surface area contributed by atoms with Crippen LogP contribution in [0.15, 0.2) is 0 Å². The molecule has 1 saturated heterocycles. The topological polar surface area (TPSA) is 53.0 Å². The van der Waals surface area contributed by atoms with Crippen molar-refractivity contribution in [3.8, 4) is 0 Å². The Kier molecular flexibility index (Phi) is 1.87. The fourth-order valence-electron chi connectivity index (χ4n) is 2.11. The summed E-state index contributed by atoms with van der Waals surface area (Å²) in [5.74, 6) is 0.461. The van der Waals surface area contributed by atoms with Crippen LogP contribution >= 0.6 is 0 Å². The van der Waals surface area contributed by atoms with Crippen LogP contribution in [0, 0.1) is 11.8 Å². The smallest absolute Gasteiger partial charge is 0.0895 e. The molecule has 0 spiro atoms. The Bertz CT molecular complexity index is 148. The molecular weight excluding hydrogens is 144 g/mol. The van der Waals surface area contributed by atoms with Gasteiger partial charge in [0.2, 0.25) is 0 Å². The predicted octanol–water partition coefficient (Wildman–Crippen LogP) is -0.235. The molecule has 0 bridgehead atoms. The summed E-state index contributed by atoms with van der Waals surface area (Å²) in [4.78, 5) is 0. The minimum atomic E-state index is 0.159. The maximum atomic E-state index is 9.00. The second-order valence-corrected chi connectivity index (χ2v) is 3.51.